The van der Waals surface area contributed by atoms with Gasteiger partial charge in [0.25, 0.3) is 0 Å². The van der Waals surface area contributed by atoms with Crippen LogP contribution < -0.4 is 0 Å². The summed E-state index contributed by atoms with van der Waals surface area (Å²) in [5, 5.41) is 10.2. The highest BCUT2D eigenvalue weighted by atomic mass is 79.9. The van der Waals surface area contributed by atoms with Crippen LogP contribution in [-0.4, -0.2) is 10.1 Å². The van der Waals surface area contributed by atoms with E-state index in [0.29, 0.717) is 5.01 Å². The highest BCUT2D eigenvalue weighted by Crippen LogP contribution is 2.37. The van der Waals surface area contributed by atoms with E-state index in [1.54, 1.807) is 0 Å². The van der Waals surface area contributed by atoms with Crippen LogP contribution in [0.25, 0.3) is 20.8 Å². The summed E-state index contributed by atoms with van der Waals surface area (Å²) in [6, 6.07) is 9.91. The van der Waals surface area contributed by atoms with Crippen molar-refractivity contribution in [2.45, 2.75) is 0 Å². The fraction of sp³-hybridized carbons (Fsp3) is 0. The topological polar surface area (TPSA) is 33.1 Å². The molecule has 0 aliphatic carbocycles. The van der Waals surface area contributed by atoms with E-state index in [2.05, 4.69) is 20.9 Å². The van der Waals surface area contributed by atoms with Crippen molar-refractivity contribution in [2.24, 2.45) is 0 Å². The number of phenolic OH excluding ortho intramolecular Hbond substituents is 1. The zero-order chi connectivity index (χ0) is 12.7. The molecule has 0 unspecified atom stereocenters. The zero-order valence-electron chi connectivity index (χ0n) is 9.02. The highest BCUT2D eigenvalue weighted by Gasteiger charge is 2.14. The summed E-state index contributed by atoms with van der Waals surface area (Å²) in [5.41, 5.74) is 0.954. The molecule has 1 N–H and O–H groups in total. The third-order valence-electron chi connectivity index (χ3n) is 2.56. The molecule has 0 atom stereocenters. The van der Waals surface area contributed by atoms with Gasteiger partial charge < -0.3 is 5.11 Å². The molecule has 0 aliphatic heterocycles. The number of rotatable bonds is 1. The molecule has 5 heteroatoms. The number of hydrogen-bond donors (Lipinski definition) is 1. The Morgan fingerprint density at radius 1 is 1.22 bits per heavy atom. The first-order valence-electron chi connectivity index (χ1n) is 5.19. The normalized spacial score (nSPS) is 11.0. The Bertz CT molecular complexity index is 721. The molecule has 0 amide bonds. The van der Waals surface area contributed by atoms with Crippen LogP contribution in [-0.2, 0) is 0 Å². The minimum absolute atomic E-state index is 0.0897. The monoisotopic (exact) mass is 323 g/mol. The van der Waals surface area contributed by atoms with Gasteiger partial charge in [0, 0.05) is 4.47 Å². The summed E-state index contributed by atoms with van der Waals surface area (Å²) in [7, 11) is 0. The fourth-order valence-corrected chi connectivity index (χ4v) is 3.30. The van der Waals surface area contributed by atoms with Crippen LogP contribution in [0.1, 0.15) is 0 Å². The van der Waals surface area contributed by atoms with Crippen molar-refractivity contribution in [3.8, 4) is 16.3 Å². The Morgan fingerprint density at radius 2 is 2.06 bits per heavy atom. The number of phenols is 1. The number of benzene rings is 2. The van der Waals surface area contributed by atoms with Crippen LogP contribution in [0, 0.1) is 5.82 Å². The average Bonchev–Trinajstić information content (AvgIpc) is 2.71. The predicted molar refractivity (Wildman–Crippen MR) is 74.4 cm³/mol. The lowest BCUT2D eigenvalue weighted by Crippen LogP contribution is -1.83. The summed E-state index contributed by atoms with van der Waals surface area (Å²) in [6.07, 6.45) is 0. The van der Waals surface area contributed by atoms with Crippen molar-refractivity contribution in [3.05, 3.63) is 46.7 Å². The first-order chi connectivity index (χ1) is 8.65. The third kappa shape index (κ3) is 1.89. The number of aromatic nitrogens is 1. The van der Waals surface area contributed by atoms with Crippen LogP contribution >= 0.6 is 27.3 Å². The van der Waals surface area contributed by atoms with Gasteiger partial charge >= 0.3 is 0 Å². The standard InChI is InChI=1S/C13H7BrFNOS/c14-7-4-5-9-11(6-7)18-13(16-9)12-8(15)2-1-3-10(12)17/h1-6,17H. The maximum Gasteiger partial charge on any atom is 0.137 e. The van der Waals surface area contributed by atoms with E-state index in [0.717, 1.165) is 14.7 Å². The quantitative estimate of drug-likeness (QED) is 0.711. The van der Waals surface area contributed by atoms with Crippen molar-refractivity contribution in [1.82, 2.24) is 4.98 Å². The molecule has 90 valence electrons. The van der Waals surface area contributed by atoms with E-state index in [-0.39, 0.29) is 11.3 Å². The first kappa shape index (κ1) is 11.6. The van der Waals surface area contributed by atoms with Gasteiger partial charge in [-0.25, -0.2) is 9.37 Å². The van der Waals surface area contributed by atoms with Crippen LogP contribution in [0.3, 0.4) is 0 Å². The van der Waals surface area contributed by atoms with Gasteiger partial charge in [0.2, 0.25) is 0 Å². The van der Waals surface area contributed by atoms with Crippen molar-refractivity contribution < 1.29 is 9.50 Å². The molecule has 0 fully saturated rings. The molecule has 1 aromatic heterocycles. The summed E-state index contributed by atoms with van der Waals surface area (Å²) in [5.74, 6) is -0.554. The van der Waals surface area contributed by atoms with Crippen molar-refractivity contribution in [2.75, 3.05) is 0 Å². The second-order valence-electron chi connectivity index (χ2n) is 3.77. The van der Waals surface area contributed by atoms with E-state index in [4.69, 9.17) is 0 Å². The van der Waals surface area contributed by atoms with E-state index in [1.165, 1.54) is 29.5 Å². The van der Waals surface area contributed by atoms with Crippen LogP contribution in [0.5, 0.6) is 5.75 Å². The third-order valence-corrected chi connectivity index (χ3v) is 4.08. The molecule has 0 aliphatic rings. The van der Waals surface area contributed by atoms with Gasteiger partial charge in [0.1, 0.15) is 16.6 Å². The smallest absolute Gasteiger partial charge is 0.137 e. The number of fused-ring (bicyclic) bond motifs is 1. The summed E-state index contributed by atoms with van der Waals surface area (Å²) in [6.45, 7) is 0. The SMILES string of the molecule is Oc1cccc(F)c1-c1nc2ccc(Br)cc2s1. The first-order valence-corrected chi connectivity index (χ1v) is 6.80. The second kappa shape index (κ2) is 4.33. The number of nitrogens with zero attached hydrogens (tertiary/aromatic N) is 1. The van der Waals surface area contributed by atoms with Gasteiger partial charge in [-0.3, -0.25) is 0 Å². The lowest BCUT2D eigenvalue weighted by Gasteiger charge is -2.01. The molecule has 0 saturated carbocycles. The summed E-state index contributed by atoms with van der Waals surface area (Å²) in [4.78, 5) is 4.34. The van der Waals surface area contributed by atoms with Crippen LogP contribution in [0.15, 0.2) is 40.9 Å². The second-order valence-corrected chi connectivity index (χ2v) is 5.71. The highest BCUT2D eigenvalue weighted by molar-refractivity contribution is 9.10. The molecule has 3 rings (SSSR count). The minimum atomic E-state index is -0.465. The van der Waals surface area contributed by atoms with Crippen molar-refractivity contribution in [1.29, 1.82) is 0 Å². The Balaban J connectivity index is 2.26. The number of halogens is 2. The van der Waals surface area contributed by atoms with Gasteiger partial charge in [0.05, 0.1) is 15.8 Å². The Morgan fingerprint density at radius 3 is 2.83 bits per heavy atom. The molecule has 2 nitrogen and oxygen atoms in total. The lowest BCUT2D eigenvalue weighted by molar-refractivity contribution is 0.472. The average molecular weight is 324 g/mol. The predicted octanol–water partition coefficient (Wildman–Crippen LogP) is 4.57. The molecular weight excluding hydrogens is 317 g/mol. The lowest BCUT2D eigenvalue weighted by atomic mass is 10.2. The molecule has 0 radical (unpaired) electrons. The Kier molecular flexibility index (Phi) is 2.80. The molecule has 1 heterocycles. The van der Waals surface area contributed by atoms with Gasteiger partial charge in [-0.1, -0.05) is 22.0 Å². The van der Waals surface area contributed by atoms with Crippen LogP contribution in [0.2, 0.25) is 0 Å². The van der Waals surface area contributed by atoms with E-state index in [1.807, 2.05) is 18.2 Å². The zero-order valence-corrected chi connectivity index (χ0v) is 11.4. The van der Waals surface area contributed by atoms with Gasteiger partial charge in [-0.05, 0) is 30.3 Å². The summed E-state index contributed by atoms with van der Waals surface area (Å²) >= 11 is 4.73. The molecule has 0 saturated heterocycles. The van der Waals surface area contributed by atoms with Gasteiger partial charge in [0.15, 0.2) is 0 Å². The molecule has 0 spiro atoms. The summed E-state index contributed by atoms with van der Waals surface area (Å²) < 4.78 is 15.6. The van der Waals surface area contributed by atoms with E-state index < -0.39 is 5.82 Å². The van der Waals surface area contributed by atoms with Crippen molar-refractivity contribution >= 4 is 37.5 Å². The Hall–Kier alpha value is -1.46. The largest absolute Gasteiger partial charge is 0.507 e. The van der Waals surface area contributed by atoms with Gasteiger partial charge in [-0.2, -0.15) is 0 Å². The number of thiazole rings is 1. The van der Waals surface area contributed by atoms with E-state index in [9.17, 15) is 9.50 Å². The van der Waals surface area contributed by atoms with Crippen molar-refractivity contribution in [3.63, 3.8) is 0 Å². The molecule has 0 bridgehead atoms. The number of hydrogen-bond acceptors (Lipinski definition) is 3. The molecular formula is C13H7BrFNOS. The number of aromatic hydroxyl groups is 1. The molecule has 18 heavy (non-hydrogen) atoms. The fourth-order valence-electron chi connectivity index (χ4n) is 1.73. The maximum absolute atomic E-state index is 13.7. The van der Waals surface area contributed by atoms with Gasteiger partial charge in [-0.15, -0.1) is 11.3 Å². The Labute approximate surface area is 115 Å². The molecule has 2 aromatic carbocycles. The van der Waals surface area contributed by atoms with E-state index >= 15 is 0 Å². The maximum atomic E-state index is 13.7. The minimum Gasteiger partial charge on any atom is -0.507 e. The van der Waals surface area contributed by atoms with Crippen LogP contribution in [0.4, 0.5) is 4.39 Å². The molecule has 3 aromatic rings.